The molecule has 0 unspecified atom stereocenters. The molecule has 148 valence electrons. The molecule has 3 aromatic rings. The first-order chi connectivity index (χ1) is 13.5. The lowest BCUT2D eigenvalue weighted by Gasteiger charge is -2.25. The van der Waals surface area contributed by atoms with Crippen LogP contribution in [-0.2, 0) is 5.75 Å². The summed E-state index contributed by atoms with van der Waals surface area (Å²) in [7, 11) is 5.65. The number of carbonyl (C=O) groups excluding carboxylic acids is 1. The number of rotatable bonds is 8. The van der Waals surface area contributed by atoms with Crippen LogP contribution in [0.15, 0.2) is 52.9 Å². The molecule has 0 spiro atoms. The molecule has 1 heterocycles. The highest BCUT2D eigenvalue weighted by molar-refractivity contribution is 7.97. The largest absolute Gasteiger partial charge is 0.497 e. The zero-order chi connectivity index (χ0) is 20.1. The van der Waals surface area contributed by atoms with Gasteiger partial charge in [0, 0.05) is 23.2 Å². The molecule has 1 amide bonds. The lowest BCUT2D eigenvalue weighted by atomic mass is 10.1. The first-order valence-electron chi connectivity index (χ1n) is 9.13. The minimum Gasteiger partial charge on any atom is -0.497 e. The van der Waals surface area contributed by atoms with E-state index in [0.717, 1.165) is 33.6 Å². The number of hydrogen-bond acceptors (Lipinski definition) is 5. The van der Waals surface area contributed by atoms with E-state index in [1.165, 1.54) is 0 Å². The zero-order valence-electron chi connectivity index (χ0n) is 16.7. The number of furan rings is 1. The molecular weight excluding hydrogens is 372 g/mol. The van der Waals surface area contributed by atoms with Crippen LogP contribution in [-0.4, -0.2) is 44.8 Å². The molecule has 0 aliphatic carbocycles. The van der Waals surface area contributed by atoms with E-state index in [2.05, 4.69) is 10.2 Å². The Morgan fingerprint density at radius 2 is 1.89 bits per heavy atom. The molecule has 3 rings (SSSR count). The Kier molecular flexibility index (Phi) is 6.65. The fourth-order valence-corrected chi connectivity index (χ4v) is 3.84. The predicted molar refractivity (Wildman–Crippen MR) is 115 cm³/mol. The van der Waals surface area contributed by atoms with Crippen molar-refractivity contribution in [3.05, 3.63) is 65.4 Å². The van der Waals surface area contributed by atoms with Crippen LogP contribution in [0.1, 0.15) is 27.7 Å². The maximum Gasteiger partial charge on any atom is 0.287 e. The molecule has 0 saturated heterocycles. The Morgan fingerprint density at radius 3 is 2.54 bits per heavy atom. The third-order valence-corrected chi connectivity index (χ3v) is 5.35. The number of likely N-dealkylation sites (N-methyl/N-ethyl adjacent to an activating group) is 1. The first-order valence-corrected chi connectivity index (χ1v) is 10.5. The predicted octanol–water partition coefficient (Wildman–Crippen LogP) is 4.34. The van der Waals surface area contributed by atoms with Gasteiger partial charge in [-0.15, -0.1) is 0 Å². The Morgan fingerprint density at radius 1 is 1.18 bits per heavy atom. The minimum atomic E-state index is -0.180. The van der Waals surface area contributed by atoms with Gasteiger partial charge in [-0.05, 0) is 44.1 Å². The summed E-state index contributed by atoms with van der Waals surface area (Å²) < 4.78 is 11.1. The molecule has 6 heteroatoms. The van der Waals surface area contributed by atoms with Gasteiger partial charge in [-0.2, -0.15) is 11.8 Å². The van der Waals surface area contributed by atoms with Crippen molar-refractivity contribution in [2.45, 2.75) is 11.8 Å². The van der Waals surface area contributed by atoms with Crippen LogP contribution in [0.25, 0.3) is 11.0 Å². The Labute approximate surface area is 170 Å². The number of fused-ring (bicyclic) bond motifs is 1. The lowest BCUT2D eigenvalue weighted by molar-refractivity contribution is 0.0915. The van der Waals surface area contributed by atoms with E-state index < -0.39 is 0 Å². The highest BCUT2D eigenvalue weighted by Gasteiger charge is 2.22. The molecule has 28 heavy (non-hydrogen) atoms. The molecule has 1 atom stereocenters. The van der Waals surface area contributed by atoms with Gasteiger partial charge < -0.3 is 19.4 Å². The maximum absolute atomic E-state index is 12.9. The van der Waals surface area contributed by atoms with E-state index >= 15 is 0 Å². The van der Waals surface area contributed by atoms with E-state index in [1.54, 1.807) is 18.9 Å². The summed E-state index contributed by atoms with van der Waals surface area (Å²) in [6, 6.07) is 15.7. The number of methoxy groups -OCH3 is 1. The molecule has 2 aromatic carbocycles. The fraction of sp³-hybridized carbons (Fsp3) is 0.318. The molecular formula is C22H26N2O3S. The SMILES string of the molecule is COc1ccc([C@H](CNC(=O)c2oc3ccccc3c2CSC)N(C)C)cc1. The van der Waals surface area contributed by atoms with Gasteiger partial charge in [-0.25, -0.2) is 0 Å². The molecule has 0 aliphatic heterocycles. The fourth-order valence-electron chi connectivity index (χ4n) is 3.26. The number of amides is 1. The summed E-state index contributed by atoms with van der Waals surface area (Å²) in [5.41, 5.74) is 2.81. The summed E-state index contributed by atoms with van der Waals surface area (Å²) in [4.78, 5) is 15.0. The second-order valence-electron chi connectivity index (χ2n) is 6.80. The Bertz CT molecular complexity index is 935. The van der Waals surface area contributed by atoms with Crippen LogP contribution >= 0.6 is 11.8 Å². The van der Waals surface area contributed by atoms with Crippen molar-refractivity contribution in [1.29, 1.82) is 0 Å². The molecule has 0 saturated carbocycles. The number of benzene rings is 2. The zero-order valence-corrected chi connectivity index (χ0v) is 17.5. The second-order valence-corrected chi connectivity index (χ2v) is 7.67. The van der Waals surface area contributed by atoms with Crippen LogP contribution in [0.3, 0.4) is 0 Å². The molecule has 0 bridgehead atoms. The van der Waals surface area contributed by atoms with Gasteiger partial charge >= 0.3 is 0 Å². The standard InChI is InChI=1S/C22H26N2O3S/c1-24(2)19(15-9-11-16(26-3)12-10-15)13-23-22(25)21-18(14-28-4)17-7-5-6-8-20(17)27-21/h5-12,19H,13-14H2,1-4H3,(H,23,25)/t19-/m0/s1. The normalized spacial score (nSPS) is 12.3. The molecule has 0 radical (unpaired) electrons. The molecule has 5 nitrogen and oxygen atoms in total. The number of nitrogens with one attached hydrogen (secondary N) is 1. The molecule has 0 fully saturated rings. The molecule has 1 N–H and O–H groups in total. The summed E-state index contributed by atoms with van der Waals surface area (Å²) in [5.74, 6) is 1.77. The number of para-hydroxylation sites is 1. The van der Waals surface area contributed by atoms with Gasteiger partial charge in [0.25, 0.3) is 5.91 Å². The number of ether oxygens (including phenoxy) is 1. The van der Waals surface area contributed by atoms with Gasteiger partial charge in [-0.1, -0.05) is 30.3 Å². The first kappa shape index (κ1) is 20.3. The van der Waals surface area contributed by atoms with E-state index in [-0.39, 0.29) is 11.9 Å². The van der Waals surface area contributed by atoms with E-state index in [9.17, 15) is 4.79 Å². The summed E-state index contributed by atoms with van der Waals surface area (Å²) in [6.07, 6.45) is 2.02. The van der Waals surface area contributed by atoms with E-state index in [1.807, 2.05) is 68.9 Å². The van der Waals surface area contributed by atoms with Gasteiger partial charge in [0.05, 0.1) is 13.2 Å². The average molecular weight is 399 g/mol. The third-order valence-electron chi connectivity index (χ3n) is 4.77. The van der Waals surface area contributed by atoms with Gasteiger partial charge in [0.1, 0.15) is 11.3 Å². The van der Waals surface area contributed by atoms with Crippen LogP contribution in [0.2, 0.25) is 0 Å². The Hall–Kier alpha value is -2.44. The van der Waals surface area contributed by atoms with Crippen molar-refractivity contribution >= 4 is 28.6 Å². The van der Waals surface area contributed by atoms with Gasteiger partial charge in [0.15, 0.2) is 5.76 Å². The quantitative estimate of drug-likeness (QED) is 0.612. The van der Waals surface area contributed by atoms with Crippen molar-refractivity contribution in [3.63, 3.8) is 0 Å². The minimum absolute atomic E-state index is 0.0447. The van der Waals surface area contributed by atoms with E-state index in [0.29, 0.717) is 12.3 Å². The number of nitrogens with zero attached hydrogens (tertiary/aromatic N) is 1. The van der Waals surface area contributed by atoms with Crippen LogP contribution in [0.5, 0.6) is 5.75 Å². The van der Waals surface area contributed by atoms with Gasteiger partial charge in [-0.3, -0.25) is 4.79 Å². The highest BCUT2D eigenvalue weighted by Crippen LogP contribution is 2.29. The second kappa shape index (κ2) is 9.17. The van der Waals surface area contributed by atoms with E-state index in [4.69, 9.17) is 9.15 Å². The lowest BCUT2D eigenvalue weighted by Crippen LogP contribution is -2.34. The van der Waals surface area contributed by atoms with Crippen LogP contribution < -0.4 is 10.1 Å². The summed E-state index contributed by atoms with van der Waals surface area (Å²) in [6.45, 7) is 0.480. The smallest absolute Gasteiger partial charge is 0.287 e. The summed E-state index contributed by atoms with van der Waals surface area (Å²) in [5, 5.41) is 4.05. The highest BCUT2D eigenvalue weighted by atomic mass is 32.2. The molecule has 0 aliphatic rings. The maximum atomic E-state index is 12.9. The van der Waals surface area contributed by atoms with Crippen molar-refractivity contribution in [2.75, 3.05) is 34.0 Å². The van der Waals surface area contributed by atoms with Crippen LogP contribution in [0, 0.1) is 0 Å². The monoisotopic (exact) mass is 398 g/mol. The number of carbonyl (C=O) groups is 1. The number of hydrogen-bond donors (Lipinski definition) is 1. The van der Waals surface area contributed by atoms with Crippen molar-refractivity contribution < 1.29 is 13.9 Å². The van der Waals surface area contributed by atoms with Crippen molar-refractivity contribution in [1.82, 2.24) is 10.2 Å². The average Bonchev–Trinajstić information content (AvgIpc) is 3.07. The van der Waals surface area contributed by atoms with Crippen LogP contribution in [0.4, 0.5) is 0 Å². The van der Waals surface area contributed by atoms with Gasteiger partial charge in [0.2, 0.25) is 0 Å². The molecule has 1 aromatic heterocycles. The summed E-state index contributed by atoms with van der Waals surface area (Å²) >= 11 is 1.68. The van der Waals surface area contributed by atoms with Crippen molar-refractivity contribution in [2.24, 2.45) is 0 Å². The number of thioether (sulfide) groups is 1. The topological polar surface area (TPSA) is 54.7 Å². The Balaban J connectivity index is 1.79. The third kappa shape index (κ3) is 4.34. The van der Waals surface area contributed by atoms with Crippen molar-refractivity contribution in [3.8, 4) is 5.75 Å².